The molecule has 1 aromatic carbocycles. The zero-order valence-electron chi connectivity index (χ0n) is 17.0. The molecule has 0 saturated carbocycles. The summed E-state index contributed by atoms with van der Waals surface area (Å²) in [6.45, 7) is 5.13. The number of aryl methyl sites for hydroxylation is 1. The van der Waals surface area contributed by atoms with Crippen molar-refractivity contribution in [2.24, 2.45) is 0 Å². The van der Waals surface area contributed by atoms with Gasteiger partial charge in [-0.15, -0.1) is 12.4 Å². The van der Waals surface area contributed by atoms with Gasteiger partial charge in [-0.25, -0.2) is 4.39 Å². The molecule has 4 rings (SSSR count). The fraction of sp³-hybridized carbons (Fsp3) is 0.455. The summed E-state index contributed by atoms with van der Waals surface area (Å²) in [4.78, 5) is 19.1. The third kappa shape index (κ3) is 3.96. The largest absolute Gasteiger partial charge is 0.494 e. The predicted octanol–water partition coefficient (Wildman–Crippen LogP) is 4.04. The number of halogens is 2. The molecule has 2 saturated heterocycles. The summed E-state index contributed by atoms with van der Waals surface area (Å²) in [5.74, 6) is 0.522. The normalized spacial score (nSPS) is 23.5. The van der Waals surface area contributed by atoms with Crippen LogP contribution in [0.1, 0.15) is 43.6 Å². The van der Waals surface area contributed by atoms with Gasteiger partial charge in [0.05, 0.1) is 18.3 Å². The minimum Gasteiger partial charge on any atom is -0.494 e. The van der Waals surface area contributed by atoms with E-state index in [9.17, 15) is 9.18 Å². The number of likely N-dealkylation sites (N-methyl/N-ethyl adjacent to an activating group) is 1. The van der Waals surface area contributed by atoms with Crippen LogP contribution in [0.25, 0.3) is 11.1 Å². The van der Waals surface area contributed by atoms with E-state index in [0.29, 0.717) is 17.9 Å². The molecule has 0 unspecified atom stereocenters. The van der Waals surface area contributed by atoms with Crippen molar-refractivity contribution in [2.75, 3.05) is 20.2 Å². The van der Waals surface area contributed by atoms with E-state index < -0.39 is 5.54 Å². The first-order valence-electron chi connectivity index (χ1n) is 9.86. The highest BCUT2D eigenvalue weighted by molar-refractivity contribution is 5.88. The fourth-order valence-electron chi connectivity index (χ4n) is 4.40. The molecular weight excluding hydrogens is 393 g/mol. The van der Waals surface area contributed by atoms with Crippen molar-refractivity contribution in [3.8, 4) is 16.9 Å². The SMILES string of the molecule is CCOc1ccc(F)c(-c2cc(C)nc([C@@H]3CC[C@@]4(CCN(C)C4=O)N3)c2)c1.Cl. The average molecular weight is 420 g/mol. The molecule has 1 spiro atoms. The van der Waals surface area contributed by atoms with Gasteiger partial charge in [-0.3, -0.25) is 15.1 Å². The Hall–Kier alpha value is -2.18. The standard InChI is InChI=1S/C22H26FN3O2.ClH/c1-4-28-16-5-6-18(23)17(13-16)15-11-14(2)24-20(12-15)19-7-8-22(25-19)9-10-26(3)21(22)27;/h5-6,11-13,19,25H,4,7-10H2,1-3H3;1H/t19-,22-;/m0./s1. The molecular formula is C22H27ClFN3O2. The molecule has 156 valence electrons. The van der Waals surface area contributed by atoms with Gasteiger partial charge in [-0.2, -0.15) is 0 Å². The summed E-state index contributed by atoms with van der Waals surface area (Å²) in [5, 5.41) is 3.54. The number of amides is 1. The van der Waals surface area contributed by atoms with Crippen LogP contribution >= 0.6 is 12.4 Å². The van der Waals surface area contributed by atoms with E-state index >= 15 is 0 Å². The summed E-state index contributed by atoms with van der Waals surface area (Å²) < 4.78 is 20.1. The lowest BCUT2D eigenvalue weighted by molar-refractivity contribution is -0.131. The van der Waals surface area contributed by atoms with E-state index in [4.69, 9.17) is 4.74 Å². The number of hydrogen-bond acceptors (Lipinski definition) is 4. The first kappa shape index (κ1) is 21.5. The summed E-state index contributed by atoms with van der Waals surface area (Å²) in [6, 6.07) is 8.62. The fourth-order valence-corrected chi connectivity index (χ4v) is 4.40. The van der Waals surface area contributed by atoms with Crippen molar-refractivity contribution in [1.82, 2.24) is 15.2 Å². The lowest BCUT2D eigenvalue weighted by Crippen LogP contribution is -2.47. The van der Waals surface area contributed by atoms with Crippen LogP contribution in [0.4, 0.5) is 4.39 Å². The van der Waals surface area contributed by atoms with Crippen LogP contribution in [-0.4, -0.2) is 41.5 Å². The molecule has 2 aliphatic heterocycles. The number of ether oxygens (including phenoxy) is 1. The molecule has 1 N–H and O–H groups in total. The molecule has 3 heterocycles. The quantitative estimate of drug-likeness (QED) is 0.812. The smallest absolute Gasteiger partial charge is 0.242 e. The third-order valence-corrected chi connectivity index (χ3v) is 5.83. The van der Waals surface area contributed by atoms with Crippen molar-refractivity contribution in [2.45, 2.75) is 44.7 Å². The Bertz CT molecular complexity index is 923. The minimum atomic E-state index is -0.467. The maximum absolute atomic E-state index is 14.5. The van der Waals surface area contributed by atoms with Crippen LogP contribution in [0.2, 0.25) is 0 Å². The number of carbonyl (C=O) groups excluding carboxylic acids is 1. The van der Waals surface area contributed by atoms with E-state index in [1.54, 1.807) is 17.0 Å². The second-order valence-corrected chi connectivity index (χ2v) is 7.79. The zero-order chi connectivity index (χ0) is 19.9. The maximum atomic E-state index is 14.5. The number of hydrogen-bond donors (Lipinski definition) is 1. The van der Waals surface area contributed by atoms with Crippen LogP contribution in [0.5, 0.6) is 5.75 Å². The molecule has 1 amide bonds. The Morgan fingerprint density at radius 3 is 2.79 bits per heavy atom. The molecule has 7 heteroatoms. The number of nitrogens with zero attached hydrogens (tertiary/aromatic N) is 2. The van der Waals surface area contributed by atoms with Crippen molar-refractivity contribution in [1.29, 1.82) is 0 Å². The minimum absolute atomic E-state index is 0. The number of nitrogens with one attached hydrogen (secondary N) is 1. The monoisotopic (exact) mass is 419 g/mol. The summed E-state index contributed by atoms with van der Waals surface area (Å²) in [6.07, 6.45) is 2.47. The molecule has 0 radical (unpaired) electrons. The Kier molecular flexibility index (Phi) is 6.15. The van der Waals surface area contributed by atoms with Crippen LogP contribution in [0.3, 0.4) is 0 Å². The number of likely N-dealkylation sites (tertiary alicyclic amines) is 1. The van der Waals surface area contributed by atoms with Gasteiger partial charge in [0, 0.05) is 24.8 Å². The highest BCUT2D eigenvalue weighted by Crippen LogP contribution is 2.39. The number of benzene rings is 1. The molecule has 0 aliphatic carbocycles. The van der Waals surface area contributed by atoms with Crippen molar-refractivity contribution < 1.29 is 13.9 Å². The molecule has 1 aromatic heterocycles. The Labute approximate surface area is 177 Å². The number of pyridine rings is 1. The number of rotatable bonds is 4. The first-order valence-corrected chi connectivity index (χ1v) is 9.86. The van der Waals surface area contributed by atoms with Crippen LogP contribution < -0.4 is 10.1 Å². The van der Waals surface area contributed by atoms with Crippen LogP contribution in [-0.2, 0) is 4.79 Å². The van der Waals surface area contributed by atoms with Crippen LogP contribution in [0.15, 0.2) is 30.3 Å². The van der Waals surface area contributed by atoms with Gasteiger partial charge in [0.2, 0.25) is 5.91 Å². The molecule has 2 fully saturated rings. The topological polar surface area (TPSA) is 54.5 Å². The van der Waals surface area contributed by atoms with Gasteiger partial charge >= 0.3 is 0 Å². The summed E-state index contributed by atoms with van der Waals surface area (Å²) in [5.41, 5.74) is 2.49. The highest BCUT2D eigenvalue weighted by Gasteiger charge is 2.50. The molecule has 29 heavy (non-hydrogen) atoms. The van der Waals surface area contributed by atoms with E-state index in [0.717, 1.165) is 42.8 Å². The molecule has 2 aromatic rings. The van der Waals surface area contributed by atoms with E-state index in [2.05, 4.69) is 10.3 Å². The van der Waals surface area contributed by atoms with Gasteiger partial charge in [0.1, 0.15) is 17.1 Å². The molecule has 2 atom stereocenters. The van der Waals surface area contributed by atoms with Gasteiger partial charge in [-0.1, -0.05) is 0 Å². The Morgan fingerprint density at radius 1 is 1.31 bits per heavy atom. The molecule has 2 aliphatic rings. The lowest BCUT2D eigenvalue weighted by atomic mass is 9.96. The average Bonchev–Trinajstić information content (AvgIpc) is 3.23. The third-order valence-electron chi connectivity index (χ3n) is 5.83. The van der Waals surface area contributed by atoms with E-state index in [-0.39, 0.29) is 30.2 Å². The second kappa shape index (κ2) is 8.28. The van der Waals surface area contributed by atoms with Crippen molar-refractivity contribution in [3.63, 3.8) is 0 Å². The number of carbonyl (C=O) groups is 1. The van der Waals surface area contributed by atoms with Crippen molar-refractivity contribution >= 4 is 18.3 Å². The molecule has 5 nitrogen and oxygen atoms in total. The zero-order valence-corrected chi connectivity index (χ0v) is 17.8. The highest BCUT2D eigenvalue weighted by atomic mass is 35.5. The van der Waals surface area contributed by atoms with Gasteiger partial charge in [0.25, 0.3) is 0 Å². The van der Waals surface area contributed by atoms with Crippen LogP contribution in [0, 0.1) is 12.7 Å². The first-order chi connectivity index (χ1) is 13.4. The maximum Gasteiger partial charge on any atom is 0.242 e. The second-order valence-electron chi connectivity index (χ2n) is 7.79. The van der Waals surface area contributed by atoms with Crippen molar-refractivity contribution in [3.05, 3.63) is 47.5 Å². The van der Waals surface area contributed by atoms with E-state index in [1.165, 1.54) is 6.07 Å². The van der Waals surface area contributed by atoms with Gasteiger partial charge in [0.15, 0.2) is 0 Å². The number of aromatic nitrogens is 1. The van der Waals surface area contributed by atoms with Gasteiger partial charge < -0.3 is 9.64 Å². The Balaban J connectivity index is 0.00000240. The predicted molar refractivity (Wildman–Crippen MR) is 113 cm³/mol. The Morgan fingerprint density at radius 2 is 2.10 bits per heavy atom. The van der Waals surface area contributed by atoms with E-state index in [1.807, 2.05) is 33.0 Å². The summed E-state index contributed by atoms with van der Waals surface area (Å²) >= 11 is 0. The molecule has 0 bridgehead atoms. The lowest BCUT2D eigenvalue weighted by Gasteiger charge is -2.23. The summed E-state index contributed by atoms with van der Waals surface area (Å²) in [7, 11) is 1.85. The van der Waals surface area contributed by atoms with Gasteiger partial charge in [-0.05, 0) is 69.0 Å².